The molecule has 1 unspecified atom stereocenters. The topological polar surface area (TPSA) is 51.5 Å². The van der Waals surface area contributed by atoms with Gasteiger partial charge in [0, 0.05) is 17.8 Å². The molecule has 3 aromatic rings. The third kappa shape index (κ3) is 2.14. The summed E-state index contributed by atoms with van der Waals surface area (Å²) in [5.74, 6) is 0.851. The quantitative estimate of drug-likeness (QED) is 0.807. The summed E-state index contributed by atoms with van der Waals surface area (Å²) in [6.07, 6.45) is 6.12. The lowest BCUT2D eigenvalue weighted by Gasteiger charge is -2.12. The maximum atomic E-state index is 5.22. The zero-order valence-corrected chi connectivity index (χ0v) is 12.5. The summed E-state index contributed by atoms with van der Waals surface area (Å²) in [4.78, 5) is 4.53. The van der Waals surface area contributed by atoms with E-state index in [1.807, 2.05) is 41.2 Å². The van der Waals surface area contributed by atoms with E-state index in [9.17, 15) is 0 Å². The van der Waals surface area contributed by atoms with Gasteiger partial charge in [-0.05, 0) is 43.1 Å². The molecule has 1 N–H and O–H groups in total. The highest BCUT2D eigenvalue weighted by Crippen LogP contribution is 2.28. The molecule has 0 bridgehead atoms. The number of hydrogen-bond acceptors (Lipinski definition) is 4. The van der Waals surface area contributed by atoms with Crippen LogP contribution in [-0.4, -0.2) is 28.3 Å². The van der Waals surface area contributed by atoms with Crippen LogP contribution < -0.4 is 10.1 Å². The first kappa shape index (κ1) is 13.3. The number of rotatable bonds is 3. The lowest BCUT2D eigenvalue weighted by Crippen LogP contribution is -2.16. The Kier molecular flexibility index (Phi) is 3.27. The molecule has 2 aromatic heterocycles. The van der Waals surface area contributed by atoms with Crippen LogP contribution in [0.1, 0.15) is 24.6 Å². The predicted molar refractivity (Wildman–Crippen MR) is 85.0 cm³/mol. The molecule has 5 heteroatoms. The van der Waals surface area contributed by atoms with Gasteiger partial charge in [-0.1, -0.05) is 12.1 Å². The standard InChI is InChI=1S/C17H18N4O/c1-22-13-6-4-12(5-7-13)14-11-20-21-16(8-10-19-17(14)21)15-3-2-9-18-15/h4-8,10-11,15,18H,2-3,9H2,1H3. The highest BCUT2D eigenvalue weighted by Gasteiger charge is 2.20. The Balaban J connectivity index is 1.80. The van der Waals surface area contributed by atoms with Gasteiger partial charge in [0.2, 0.25) is 0 Å². The van der Waals surface area contributed by atoms with Crippen LogP contribution in [0.5, 0.6) is 5.75 Å². The molecule has 1 aromatic carbocycles. The normalized spacial score (nSPS) is 18.0. The van der Waals surface area contributed by atoms with Crippen LogP contribution in [0.4, 0.5) is 0 Å². The molecule has 0 saturated carbocycles. The van der Waals surface area contributed by atoms with Gasteiger partial charge in [0.25, 0.3) is 0 Å². The Hall–Kier alpha value is -2.40. The Bertz CT molecular complexity index is 788. The first-order valence-electron chi connectivity index (χ1n) is 7.57. The van der Waals surface area contributed by atoms with E-state index in [2.05, 4.69) is 21.5 Å². The molecule has 112 valence electrons. The van der Waals surface area contributed by atoms with Crippen LogP contribution in [0.25, 0.3) is 16.8 Å². The van der Waals surface area contributed by atoms with Crippen molar-refractivity contribution in [2.24, 2.45) is 0 Å². The van der Waals surface area contributed by atoms with Crippen molar-refractivity contribution in [2.75, 3.05) is 13.7 Å². The Morgan fingerprint density at radius 2 is 2.09 bits per heavy atom. The molecule has 1 aliphatic rings. The average molecular weight is 294 g/mol. The number of aromatic nitrogens is 3. The SMILES string of the molecule is COc1ccc(-c2cnn3c(C4CCCN4)ccnc23)cc1. The maximum absolute atomic E-state index is 5.22. The van der Waals surface area contributed by atoms with Crippen molar-refractivity contribution in [3.8, 4) is 16.9 Å². The van der Waals surface area contributed by atoms with Gasteiger partial charge in [-0.15, -0.1) is 0 Å². The summed E-state index contributed by atoms with van der Waals surface area (Å²) in [6.45, 7) is 1.07. The number of hydrogen-bond donors (Lipinski definition) is 1. The van der Waals surface area contributed by atoms with E-state index < -0.39 is 0 Å². The van der Waals surface area contributed by atoms with E-state index in [1.54, 1.807) is 7.11 Å². The molecule has 0 aliphatic carbocycles. The molecule has 5 nitrogen and oxygen atoms in total. The molecule has 1 atom stereocenters. The van der Waals surface area contributed by atoms with Gasteiger partial charge in [0.05, 0.1) is 19.0 Å². The van der Waals surface area contributed by atoms with E-state index in [-0.39, 0.29) is 0 Å². The van der Waals surface area contributed by atoms with Crippen molar-refractivity contribution >= 4 is 5.65 Å². The first-order valence-corrected chi connectivity index (χ1v) is 7.57. The summed E-state index contributed by atoms with van der Waals surface area (Å²) < 4.78 is 7.18. The summed E-state index contributed by atoms with van der Waals surface area (Å²) in [6, 6.07) is 10.4. The molecule has 0 amide bonds. The number of ether oxygens (including phenoxy) is 1. The second-order valence-electron chi connectivity index (χ2n) is 5.54. The van der Waals surface area contributed by atoms with Crippen LogP contribution >= 0.6 is 0 Å². The molecule has 1 saturated heterocycles. The number of methoxy groups -OCH3 is 1. The predicted octanol–water partition coefficient (Wildman–Crippen LogP) is 2.83. The van der Waals surface area contributed by atoms with Gasteiger partial charge in [0.1, 0.15) is 5.75 Å². The molecule has 1 fully saturated rings. The van der Waals surface area contributed by atoms with E-state index in [0.717, 1.165) is 35.5 Å². The zero-order chi connectivity index (χ0) is 14.9. The number of nitrogens with one attached hydrogen (secondary N) is 1. The monoisotopic (exact) mass is 294 g/mol. The molecule has 22 heavy (non-hydrogen) atoms. The van der Waals surface area contributed by atoms with E-state index in [1.165, 1.54) is 12.1 Å². The molecular weight excluding hydrogens is 276 g/mol. The van der Waals surface area contributed by atoms with Gasteiger partial charge < -0.3 is 10.1 Å². The summed E-state index contributed by atoms with van der Waals surface area (Å²) in [7, 11) is 1.67. The zero-order valence-electron chi connectivity index (χ0n) is 12.5. The van der Waals surface area contributed by atoms with Crippen LogP contribution in [0.15, 0.2) is 42.7 Å². The molecule has 4 rings (SSSR count). The fraction of sp³-hybridized carbons (Fsp3) is 0.294. The number of benzene rings is 1. The fourth-order valence-electron chi connectivity index (χ4n) is 3.08. The van der Waals surface area contributed by atoms with Crippen molar-refractivity contribution in [3.63, 3.8) is 0 Å². The summed E-state index contributed by atoms with van der Waals surface area (Å²) in [5.41, 5.74) is 4.22. The fourth-order valence-corrected chi connectivity index (χ4v) is 3.08. The minimum absolute atomic E-state index is 0.370. The molecule has 0 radical (unpaired) electrons. The van der Waals surface area contributed by atoms with Crippen molar-refractivity contribution in [2.45, 2.75) is 18.9 Å². The first-order chi connectivity index (χ1) is 10.9. The van der Waals surface area contributed by atoms with Gasteiger partial charge >= 0.3 is 0 Å². The molecule has 0 spiro atoms. The van der Waals surface area contributed by atoms with Crippen LogP contribution in [0.3, 0.4) is 0 Å². The van der Waals surface area contributed by atoms with Gasteiger partial charge in [0.15, 0.2) is 5.65 Å². The Labute approximate surface area is 128 Å². The lowest BCUT2D eigenvalue weighted by molar-refractivity contribution is 0.415. The van der Waals surface area contributed by atoms with E-state index in [4.69, 9.17) is 4.74 Å². The number of fused-ring (bicyclic) bond motifs is 1. The smallest absolute Gasteiger partial charge is 0.163 e. The summed E-state index contributed by atoms with van der Waals surface area (Å²) in [5, 5.41) is 8.09. The van der Waals surface area contributed by atoms with Crippen molar-refractivity contribution < 1.29 is 4.74 Å². The highest BCUT2D eigenvalue weighted by atomic mass is 16.5. The third-order valence-corrected chi connectivity index (χ3v) is 4.25. The Morgan fingerprint density at radius 3 is 2.82 bits per heavy atom. The molecule has 1 aliphatic heterocycles. The van der Waals surface area contributed by atoms with Gasteiger partial charge in [-0.3, -0.25) is 0 Å². The third-order valence-electron chi connectivity index (χ3n) is 4.25. The lowest BCUT2D eigenvalue weighted by atomic mass is 10.1. The average Bonchev–Trinajstić information content (AvgIpc) is 3.24. The summed E-state index contributed by atoms with van der Waals surface area (Å²) >= 11 is 0. The molecule has 3 heterocycles. The number of nitrogens with zero attached hydrogens (tertiary/aromatic N) is 3. The minimum Gasteiger partial charge on any atom is -0.497 e. The highest BCUT2D eigenvalue weighted by molar-refractivity contribution is 5.77. The van der Waals surface area contributed by atoms with Gasteiger partial charge in [-0.25, -0.2) is 9.50 Å². The van der Waals surface area contributed by atoms with Crippen molar-refractivity contribution in [1.82, 2.24) is 19.9 Å². The Morgan fingerprint density at radius 1 is 1.23 bits per heavy atom. The van der Waals surface area contributed by atoms with E-state index in [0.29, 0.717) is 6.04 Å². The van der Waals surface area contributed by atoms with Gasteiger partial charge in [-0.2, -0.15) is 5.10 Å². The van der Waals surface area contributed by atoms with Crippen molar-refractivity contribution in [3.05, 3.63) is 48.4 Å². The van der Waals surface area contributed by atoms with Crippen LogP contribution in [0, 0.1) is 0 Å². The van der Waals surface area contributed by atoms with Crippen molar-refractivity contribution in [1.29, 1.82) is 0 Å². The molecular formula is C17H18N4O. The minimum atomic E-state index is 0.370. The van der Waals surface area contributed by atoms with Crippen LogP contribution in [-0.2, 0) is 0 Å². The second-order valence-corrected chi connectivity index (χ2v) is 5.54. The van der Waals surface area contributed by atoms with E-state index >= 15 is 0 Å². The van der Waals surface area contributed by atoms with Crippen LogP contribution in [0.2, 0.25) is 0 Å². The maximum Gasteiger partial charge on any atom is 0.163 e. The second kappa shape index (κ2) is 5.42. The largest absolute Gasteiger partial charge is 0.497 e.